The van der Waals surface area contributed by atoms with Crippen molar-refractivity contribution in [2.75, 3.05) is 18.0 Å². The predicted octanol–water partition coefficient (Wildman–Crippen LogP) is 1.69. The minimum atomic E-state index is -0.0610. The molecule has 1 aromatic rings. The highest BCUT2D eigenvalue weighted by Crippen LogP contribution is 2.16. The topological polar surface area (TPSA) is 61.0 Å². The molecule has 1 aromatic heterocycles. The molecule has 0 amide bonds. The minimum absolute atomic E-state index is 0.0610. The summed E-state index contributed by atoms with van der Waals surface area (Å²) in [6.45, 7) is 8.32. The number of aromatic amines is 1. The zero-order chi connectivity index (χ0) is 14.5. The van der Waals surface area contributed by atoms with Gasteiger partial charge in [0.2, 0.25) is 0 Å². The van der Waals surface area contributed by atoms with Crippen LogP contribution >= 0.6 is 0 Å². The molecule has 1 aliphatic heterocycles. The fraction of sp³-hybridized carbons (Fsp3) is 0.733. The summed E-state index contributed by atoms with van der Waals surface area (Å²) in [5.74, 6) is 1.56. The summed E-state index contributed by atoms with van der Waals surface area (Å²) in [7, 11) is 0. The highest BCUT2D eigenvalue weighted by atomic mass is 16.1. The lowest BCUT2D eigenvalue weighted by Gasteiger charge is -2.34. The van der Waals surface area contributed by atoms with Crippen molar-refractivity contribution in [3.8, 4) is 0 Å². The van der Waals surface area contributed by atoms with Crippen LogP contribution in [0.5, 0.6) is 0 Å². The molecule has 0 saturated carbocycles. The number of hydrogen-bond donors (Lipinski definition) is 2. The van der Waals surface area contributed by atoms with Crippen LogP contribution in [0.2, 0.25) is 0 Å². The molecule has 0 aromatic carbocycles. The second-order valence-electron chi connectivity index (χ2n) is 5.80. The smallest absolute Gasteiger partial charge is 0.252 e. The normalized spacial score (nSPS) is 19.3. The van der Waals surface area contributed by atoms with Crippen molar-refractivity contribution in [1.29, 1.82) is 0 Å². The van der Waals surface area contributed by atoms with Gasteiger partial charge in [0.05, 0.1) is 0 Å². The molecule has 0 bridgehead atoms. The molecule has 0 spiro atoms. The van der Waals surface area contributed by atoms with Crippen LogP contribution in [0.4, 0.5) is 5.82 Å². The van der Waals surface area contributed by atoms with Crippen molar-refractivity contribution in [3.05, 3.63) is 22.2 Å². The maximum Gasteiger partial charge on any atom is 0.252 e. The summed E-state index contributed by atoms with van der Waals surface area (Å²) in [6.07, 6.45) is 4.50. The number of nitrogens with zero attached hydrogens (tertiary/aromatic N) is 2. The van der Waals surface area contributed by atoms with Gasteiger partial charge in [0.1, 0.15) is 11.6 Å². The van der Waals surface area contributed by atoms with E-state index in [9.17, 15) is 4.79 Å². The van der Waals surface area contributed by atoms with Crippen LogP contribution in [0.1, 0.15) is 45.9 Å². The van der Waals surface area contributed by atoms with Gasteiger partial charge in [-0.05, 0) is 33.2 Å². The number of nitrogens with one attached hydrogen (secondary N) is 2. The number of rotatable bonds is 5. The third-order valence-electron chi connectivity index (χ3n) is 3.86. The van der Waals surface area contributed by atoms with Gasteiger partial charge < -0.3 is 15.2 Å². The minimum Gasteiger partial charge on any atom is -0.352 e. The molecule has 1 saturated heterocycles. The van der Waals surface area contributed by atoms with Gasteiger partial charge in [0, 0.05) is 31.1 Å². The Labute approximate surface area is 120 Å². The SMILES string of the molecule is CCc1nc(N(CC2CCCCN2)C(C)C)cc(=O)[nH]1. The van der Waals surface area contributed by atoms with E-state index in [2.05, 4.69) is 34.0 Å². The Morgan fingerprint density at radius 3 is 2.85 bits per heavy atom. The van der Waals surface area contributed by atoms with Gasteiger partial charge in [0.25, 0.3) is 5.56 Å². The van der Waals surface area contributed by atoms with Crippen LogP contribution in [0.15, 0.2) is 10.9 Å². The Hall–Kier alpha value is -1.36. The summed E-state index contributed by atoms with van der Waals surface area (Å²) in [6, 6.07) is 2.44. The van der Waals surface area contributed by atoms with Crippen LogP contribution in [0.3, 0.4) is 0 Å². The molecule has 1 unspecified atom stereocenters. The van der Waals surface area contributed by atoms with Gasteiger partial charge in [-0.2, -0.15) is 0 Å². The molecule has 20 heavy (non-hydrogen) atoms. The Morgan fingerprint density at radius 1 is 1.45 bits per heavy atom. The molecule has 0 aliphatic carbocycles. The third-order valence-corrected chi connectivity index (χ3v) is 3.86. The third kappa shape index (κ3) is 3.82. The van der Waals surface area contributed by atoms with Crippen molar-refractivity contribution >= 4 is 5.82 Å². The van der Waals surface area contributed by atoms with Gasteiger partial charge in [-0.3, -0.25) is 4.79 Å². The molecular formula is C15H26N4O. The van der Waals surface area contributed by atoms with Crippen LogP contribution in [0.25, 0.3) is 0 Å². The molecular weight excluding hydrogens is 252 g/mol. The van der Waals surface area contributed by atoms with Crippen LogP contribution in [-0.2, 0) is 6.42 Å². The van der Waals surface area contributed by atoms with E-state index in [4.69, 9.17) is 0 Å². The summed E-state index contributed by atoms with van der Waals surface area (Å²) in [5, 5.41) is 3.56. The summed E-state index contributed by atoms with van der Waals surface area (Å²) in [4.78, 5) is 21.4. The summed E-state index contributed by atoms with van der Waals surface area (Å²) >= 11 is 0. The van der Waals surface area contributed by atoms with Gasteiger partial charge in [0.15, 0.2) is 0 Å². The molecule has 1 atom stereocenters. The molecule has 1 aliphatic rings. The van der Waals surface area contributed by atoms with Crippen LogP contribution in [-0.4, -0.2) is 35.1 Å². The van der Waals surface area contributed by atoms with Gasteiger partial charge in [-0.1, -0.05) is 13.3 Å². The van der Waals surface area contributed by atoms with Crippen LogP contribution < -0.4 is 15.8 Å². The standard InChI is InChI=1S/C15H26N4O/c1-4-13-17-14(9-15(20)18-13)19(11(2)3)10-12-7-5-6-8-16-12/h9,11-12,16H,4-8,10H2,1-3H3,(H,17,18,20). The molecule has 2 heterocycles. The first-order valence-electron chi connectivity index (χ1n) is 7.70. The quantitative estimate of drug-likeness (QED) is 0.860. The van der Waals surface area contributed by atoms with E-state index in [1.165, 1.54) is 19.3 Å². The first-order valence-corrected chi connectivity index (χ1v) is 7.70. The lowest BCUT2D eigenvalue weighted by Crippen LogP contribution is -2.46. The number of aryl methyl sites for hydroxylation is 1. The Balaban J connectivity index is 2.19. The second-order valence-corrected chi connectivity index (χ2v) is 5.80. The average Bonchev–Trinajstić information content (AvgIpc) is 2.44. The lowest BCUT2D eigenvalue weighted by molar-refractivity contribution is 0.392. The van der Waals surface area contributed by atoms with E-state index in [1.807, 2.05) is 6.92 Å². The maximum atomic E-state index is 11.8. The molecule has 112 valence electrons. The fourth-order valence-corrected chi connectivity index (χ4v) is 2.69. The van der Waals surface area contributed by atoms with Gasteiger partial charge in [-0.15, -0.1) is 0 Å². The summed E-state index contributed by atoms with van der Waals surface area (Å²) < 4.78 is 0. The molecule has 5 heteroatoms. The van der Waals surface area contributed by atoms with E-state index < -0.39 is 0 Å². The molecule has 2 rings (SSSR count). The first-order chi connectivity index (χ1) is 9.60. The number of hydrogen-bond acceptors (Lipinski definition) is 4. The number of piperidine rings is 1. The van der Waals surface area contributed by atoms with Crippen molar-refractivity contribution in [3.63, 3.8) is 0 Å². The van der Waals surface area contributed by atoms with Crippen LogP contribution in [0, 0.1) is 0 Å². The summed E-state index contributed by atoms with van der Waals surface area (Å²) in [5.41, 5.74) is -0.0610. The number of anilines is 1. The maximum absolute atomic E-state index is 11.8. The van der Waals surface area contributed by atoms with E-state index in [-0.39, 0.29) is 5.56 Å². The Morgan fingerprint density at radius 2 is 2.25 bits per heavy atom. The Kier molecular flexibility index (Phi) is 5.17. The fourth-order valence-electron chi connectivity index (χ4n) is 2.69. The number of aromatic nitrogens is 2. The number of H-pyrrole nitrogens is 1. The predicted molar refractivity (Wildman–Crippen MR) is 82.4 cm³/mol. The van der Waals surface area contributed by atoms with Gasteiger partial charge >= 0.3 is 0 Å². The Bertz CT molecular complexity index is 477. The second kappa shape index (κ2) is 6.88. The van der Waals surface area contributed by atoms with E-state index in [1.54, 1.807) is 6.07 Å². The largest absolute Gasteiger partial charge is 0.352 e. The molecule has 5 nitrogen and oxygen atoms in total. The average molecular weight is 278 g/mol. The van der Waals surface area contributed by atoms with E-state index in [0.29, 0.717) is 12.1 Å². The van der Waals surface area contributed by atoms with Crippen molar-refractivity contribution in [2.45, 2.75) is 58.5 Å². The van der Waals surface area contributed by atoms with E-state index in [0.717, 1.165) is 31.2 Å². The zero-order valence-corrected chi connectivity index (χ0v) is 12.8. The zero-order valence-electron chi connectivity index (χ0n) is 12.8. The van der Waals surface area contributed by atoms with Crippen molar-refractivity contribution < 1.29 is 0 Å². The van der Waals surface area contributed by atoms with Crippen molar-refractivity contribution in [2.24, 2.45) is 0 Å². The highest BCUT2D eigenvalue weighted by molar-refractivity contribution is 5.39. The molecule has 0 radical (unpaired) electrons. The monoisotopic (exact) mass is 278 g/mol. The molecule has 1 fully saturated rings. The van der Waals surface area contributed by atoms with E-state index >= 15 is 0 Å². The lowest BCUT2D eigenvalue weighted by atomic mass is 10.0. The van der Waals surface area contributed by atoms with Gasteiger partial charge in [-0.25, -0.2) is 4.98 Å². The first kappa shape index (κ1) is 15.0. The van der Waals surface area contributed by atoms with Crippen molar-refractivity contribution in [1.82, 2.24) is 15.3 Å². The highest BCUT2D eigenvalue weighted by Gasteiger charge is 2.20. The molecule has 2 N–H and O–H groups in total.